The van der Waals surface area contributed by atoms with Crippen LogP contribution < -0.4 is 0 Å². The number of fused-ring (bicyclic) bond motifs is 1. The summed E-state index contributed by atoms with van der Waals surface area (Å²) < 4.78 is 11.1. The topological polar surface area (TPSA) is 55.1 Å². The smallest absolute Gasteiger partial charge is 0.226 e. The van der Waals surface area contributed by atoms with E-state index in [1.807, 2.05) is 12.1 Å². The number of rotatable bonds is 4. The van der Waals surface area contributed by atoms with Crippen molar-refractivity contribution in [1.29, 1.82) is 0 Å². The molecule has 0 N–H and O–H groups in total. The van der Waals surface area contributed by atoms with Gasteiger partial charge in [-0.05, 0) is 43.5 Å². The SMILES string of the molecule is CN1CCC(Cc2nc(Cc3nsc4ccccc34)no2)C1. The molecule has 0 radical (unpaired) electrons. The Morgan fingerprint density at radius 2 is 2.27 bits per heavy atom. The van der Waals surface area contributed by atoms with Gasteiger partial charge in [-0.25, -0.2) is 0 Å². The quantitative estimate of drug-likeness (QED) is 0.741. The lowest BCUT2D eigenvalue weighted by Crippen LogP contribution is -2.15. The van der Waals surface area contributed by atoms with Gasteiger partial charge in [-0.3, -0.25) is 0 Å². The molecule has 0 bridgehead atoms. The molecule has 1 unspecified atom stereocenters. The van der Waals surface area contributed by atoms with Gasteiger partial charge in [-0.15, -0.1) is 0 Å². The third-order valence-electron chi connectivity index (χ3n) is 4.24. The highest BCUT2D eigenvalue weighted by Gasteiger charge is 2.22. The molecule has 4 rings (SSSR count). The van der Waals surface area contributed by atoms with Crippen LogP contribution in [0.15, 0.2) is 28.8 Å². The van der Waals surface area contributed by atoms with E-state index in [4.69, 9.17) is 4.52 Å². The summed E-state index contributed by atoms with van der Waals surface area (Å²) in [6.07, 6.45) is 2.73. The van der Waals surface area contributed by atoms with Gasteiger partial charge >= 0.3 is 0 Å². The molecule has 2 aromatic heterocycles. The molecule has 0 saturated carbocycles. The van der Waals surface area contributed by atoms with E-state index in [0.717, 1.165) is 36.9 Å². The van der Waals surface area contributed by atoms with Crippen LogP contribution in [-0.4, -0.2) is 39.6 Å². The van der Waals surface area contributed by atoms with Crippen molar-refractivity contribution in [1.82, 2.24) is 19.4 Å². The highest BCUT2D eigenvalue weighted by atomic mass is 32.1. The Balaban J connectivity index is 1.47. The first-order chi connectivity index (χ1) is 10.8. The van der Waals surface area contributed by atoms with Crippen molar-refractivity contribution in [2.24, 2.45) is 5.92 Å². The first-order valence-corrected chi connectivity index (χ1v) is 8.38. The van der Waals surface area contributed by atoms with Gasteiger partial charge in [0.1, 0.15) is 0 Å². The lowest BCUT2D eigenvalue weighted by Gasteiger charge is -2.06. The fraction of sp³-hybridized carbons (Fsp3) is 0.438. The second-order valence-corrected chi connectivity index (χ2v) is 6.83. The maximum atomic E-state index is 5.42. The van der Waals surface area contributed by atoms with Crippen LogP contribution in [0.1, 0.15) is 23.8 Å². The predicted octanol–water partition coefficient (Wildman–Crippen LogP) is 2.76. The molecule has 1 atom stereocenters. The van der Waals surface area contributed by atoms with Gasteiger partial charge in [-0.2, -0.15) is 9.36 Å². The molecule has 0 spiro atoms. The van der Waals surface area contributed by atoms with E-state index in [1.54, 1.807) is 0 Å². The Labute approximate surface area is 133 Å². The van der Waals surface area contributed by atoms with Gasteiger partial charge < -0.3 is 9.42 Å². The summed E-state index contributed by atoms with van der Waals surface area (Å²) in [5.41, 5.74) is 1.04. The van der Waals surface area contributed by atoms with Crippen molar-refractivity contribution in [3.8, 4) is 0 Å². The van der Waals surface area contributed by atoms with Crippen molar-refractivity contribution in [2.45, 2.75) is 19.3 Å². The molecule has 1 fully saturated rings. The first kappa shape index (κ1) is 13.8. The summed E-state index contributed by atoms with van der Waals surface area (Å²) >= 11 is 1.52. The van der Waals surface area contributed by atoms with Gasteiger partial charge in [0.25, 0.3) is 0 Å². The van der Waals surface area contributed by atoms with Crippen LogP contribution in [0.25, 0.3) is 10.1 Å². The summed E-state index contributed by atoms with van der Waals surface area (Å²) in [6, 6.07) is 8.27. The van der Waals surface area contributed by atoms with Crippen LogP contribution in [0, 0.1) is 5.92 Å². The molecular formula is C16H18N4OS. The number of likely N-dealkylation sites (tertiary alicyclic amines) is 1. The van der Waals surface area contributed by atoms with Crippen LogP contribution in [-0.2, 0) is 12.8 Å². The van der Waals surface area contributed by atoms with Crippen molar-refractivity contribution in [2.75, 3.05) is 20.1 Å². The van der Waals surface area contributed by atoms with Crippen molar-refractivity contribution in [3.05, 3.63) is 41.7 Å². The van der Waals surface area contributed by atoms with E-state index in [0.29, 0.717) is 12.3 Å². The molecule has 1 aliphatic heterocycles. The predicted molar refractivity (Wildman–Crippen MR) is 86.0 cm³/mol. The molecule has 1 aromatic carbocycles. The standard InChI is InChI=1S/C16H18N4OS/c1-20-7-6-11(10-20)8-16-17-15(18-21-16)9-13-12-4-2-3-5-14(12)22-19-13/h2-5,11H,6-10H2,1H3. The largest absolute Gasteiger partial charge is 0.339 e. The molecule has 3 heterocycles. The fourth-order valence-electron chi connectivity index (χ4n) is 3.10. The highest BCUT2D eigenvalue weighted by molar-refractivity contribution is 7.13. The van der Waals surface area contributed by atoms with E-state index in [1.165, 1.54) is 28.0 Å². The lowest BCUT2D eigenvalue weighted by atomic mass is 10.1. The summed E-state index contributed by atoms with van der Waals surface area (Å²) in [6.45, 7) is 2.28. The molecule has 114 valence electrons. The number of nitrogens with zero attached hydrogens (tertiary/aromatic N) is 4. The van der Waals surface area contributed by atoms with Gasteiger partial charge in [0.05, 0.1) is 16.8 Å². The molecule has 5 nitrogen and oxygen atoms in total. The fourth-order valence-corrected chi connectivity index (χ4v) is 3.90. The van der Waals surface area contributed by atoms with E-state index in [2.05, 4.69) is 38.6 Å². The van der Waals surface area contributed by atoms with Crippen LogP contribution >= 0.6 is 11.5 Å². The molecule has 1 aliphatic rings. The zero-order chi connectivity index (χ0) is 14.9. The number of benzene rings is 1. The minimum atomic E-state index is 0.637. The molecule has 22 heavy (non-hydrogen) atoms. The Kier molecular flexibility index (Phi) is 3.63. The third kappa shape index (κ3) is 2.76. The monoisotopic (exact) mass is 314 g/mol. The van der Waals surface area contributed by atoms with Gasteiger partial charge in [0.2, 0.25) is 5.89 Å². The average Bonchev–Trinajstić information content (AvgIpc) is 3.22. The minimum Gasteiger partial charge on any atom is -0.339 e. The maximum absolute atomic E-state index is 5.42. The molecule has 6 heteroatoms. The number of hydrogen-bond donors (Lipinski definition) is 0. The zero-order valence-corrected chi connectivity index (χ0v) is 13.3. The summed E-state index contributed by atoms with van der Waals surface area (Å²) in [7, 11) is 2.16. The zero-order valence-electron chi connectivity index (χ0n) is 12.5. The van der Waals surface area contributed by atoms with E-state index < -0.39 is 0 Å². The van der Waals surface area contributed by atoms with E-state index in [-0.39, 0.29) is 0 Å². The summed E-state index contributed by atoms with van der Waals surface area (Å²) in [5.74, 6) is 2.13. The van der Waals surface area contributed by atoms with Crippen LogP contribution in [0.4, 0.5) is 0 Å². The number of hydrogen-bond acceptors (Lipinski definition) is 6. The normalized spacial score (nSPS) is 19.2. The second kappa shape index (κ2) is 5.78. The van der Waals surface area contributed by atoms with Crippen molar-refractivity contribution < 1.29 is 4.52 Å². The Bertz CT molecular complexity index is 781. The first-order valence-electron chi connectivity index (χ1n) is 7.61. The maximum Gasteiger partial charge on any atom is 0.226 e. The van der Waals surface area contributed by atoms with Crippen LogP contribution in [0.5, 0.6) is 0 Å². The van der Waals surface area contributed by atoms with Crippen LogP contribution in [0.3, 0.4) is 0 Å². The van der Waals surface area contributed by atoms with E-state index in [9.17, 15) is 0 Å². The van der Waals surface area contributed by atoms with E-state index >= 15 is 0 Å². The van der Waals surface area contributed by atoms with Gasteiger partial charge in [0, 0.05) is 18.4 Å². The van der Waals surface area contributed by atoms with Crippen molar-refractivity contribution >= 4 is 21.6 Å². The van der Waals surface area contributed by atoms with Gasteiger partial charge in [-0.1, -0.05) is 23.4 Å². The third-order valence-corrected chi connectivity index (χ3v) is 5.10. The Hall–Kier alpha value is -1.79. The Morgan fingerprint density at radius 3 is 3.14 bits per heavy atom. The lowest BCUT2D eigenvalue weighted by molar-refractivity contribution is 0.341. The molecule has 0 aliphatic carbocycles. The van der Waals surface area contributed by atoms with Crippen molar-refractivity contribution in [3.63, 3.8) is 0 Å². The molecule has 1 saturated heterocycles. The van der Waals surface area contributed by atoms with Gasteiger partial charge in [0.15, 0.2) is 5.82 Å². The summed E-state index contributed by atoms with van der Waals surface area (Å²) in [5, 5.41) is 5.31. The summed E-state index contributed by atoms with van der Waals surface area (Å²) in [4.78, 5) is 6.90. The molecular weight excluding hydrogens is 296 g/mol. The minimum absolute atomic E-state index is 0.637. The highest BCUT2D eigenvalue weighted by Crippen LogP contribution is 2.24. The molecule has 0 amide bonds. The average molecular weight is 314 g/mol. The Morgan fingerprint density at radius 1 is 1.36 bits per heavy atom. The molecule has 3 aromatic rings. The number of aromatic nitrogens is 3. The second-order valence-electron chi connectivity index (χ2n) is 6.03. The van der Waals surface area contributed by atoms with Crippen LogP contribution in [0.2, 0.25) is 0 Å².